The lowest BCUT2D eigenvalue weighted by atomic mass is 9.28. The van der Waals surface area contributed by atoms with Gasteiger partial charge in [0.05, 0.1) is 44.1 Å². The predicted octanol–water partition coefficient (Wildman–Crippen LogP) is 4.30. The summed E-state index contributed by atoms with van der Waals surface area (Å²) in [4.78, 5) is 0. The molecule has 2 aromatic heterocycles. The Bertz CT molecular complexity index is 3310. The van der Waals surface area contributed by atoms with E-state index in [0.29, 0.717) is 0 Å². The Labute approximate surface area is 308 Å². The molecule has 0 unspecified atom stereocenters. The summed E-state index contributed by atoms with van der Waals surface area (Å²) in [6.07, 6.45) is 6.06. The third-order valence-corrected chi connectivity index (χ3v) is 16.4. The number of hydrogen-bond donors (Lipinski definition) is 0. The highest BCUT2D eigenvalue weighted by Crippen LogP contribution is 2.51. The van der Waals surface area contributed by atoms with Crippen molar-refractivity contribution < 1.29 is 0 Å². The van der Waals surface area contributed by atoms with E-state index in [1.807, 2.05) is 0 Å². The molecule has 0 atom stereocenters. The van der Waals surface area contributed by atoms with Crippen molar-refractivity contribution in [2.75, 3.05) is 0 Å². The van der Waals surface area contributed by atoms with Gasteiger partial charge in [-0.2, -0.15) is 0 Å². The van der Waals surface area contributed by atoms with Gasteiger partial charge >= 0.3 is 0 Å². The molecule has 0 N–H and O–H groups in total. The monoisotopic (exact) mass is 678 g/mol. The first kappa shape index (κ1) is 24.2. The average Bonchev–Trinajstić information content (AvgIpc) is 3.21. The summed E-state index contributed by atoms with van der Waals surface area (Å²) in [6, 6.07) is 30.0. The molecular formula is C48H24B2N4. The summed E-state index contributed by atoms with van der Waals surface area (Å²) in [6.45, 7) is 0.483. The van der Waals surface area contributed by atoms with Crippen molar-refractivity contribution in [2.24, 2.45) is 0 Å². The van der Waals surface area contributed by atoms with Crippen molar-refractivity contribution in [3.8, 4) is 22.7 Å². The second kappa shape index (κ2) is 6.86. The van der Waals surface area contributed by atoms with E-state index >= 15 is 0 Å². The Morgan fingerprint density at radius 1 is 0.241 bits per heavy atom. The highest BCUT2D eigenvalue weighted by Gasteiger charge is 2.54. The van der Waals surface area contributed by atoms with Crippen molar-refractivity contribution in [1.29, 1.82) is 0 Å². The van der Waals surface area contributed by atoms with E-state index in [0.717, 1.165) is 38.5 Å². The zero-order valence-corrected chi connectivity index (χ0v) is 29.1. The fourth-order valence-corrected chi connectivity index (χ4v) is 14.8. The van der Waals surface area contributed by atoms with Crippen LogP contribution in [0.5, 0.6) is 0 Å². The van der Waals surface area contributed by atoms with Crippen LogP contribution in [0, 0.1) is 0 Å². The van der Waals surface area contributed by atoms with Crippen molar-refractivity contribution in [3.05, 3.63) is 140 Å². The van der Waals surface area contributed by atoms with Crippen LogP contribution in [0.25, 0.3) is 66.9 Å². The van der Waals surface area contributed by atoms with Crippen molar-refractivity contribution in [2.45, 2.75) is 38.5 Å². The Morgan fingerprint density at radius 2 is 0.463 bits per heavy atom. The summed E-state index contributed by atoms with van der Waals surface area (Å²) in [5.41, 5.74) is 45.6. The first-order valence-electron chi connectivity index (χ1n) is 20.1. The van der Waals surface area contributed by atoms with Crippen LogP contribution in [0.2, 0.25) is 0 Å². The molecule has 19 rings (SSSR count). The lowest BCUT2D eigenvalue weighted by Crippen LogP contribution is -2.68. The molecule has 7 aromatic carbocycles. The highest BCUT2D eigenvalue weighted by atomic mass is 15.1. The van der Waals surface area contributed by atoms with Crippen LogP contribution in [0.3, 0.4) is 0 Å². The van der Waals surface area contributed by atoms with Gasteiger partial charge in [-0.3, -0.25) is 0 Å². The standard InChI is InChI=1S/C48H24B2N4/c1-5-23-15-27-9-10-28-17-25-7-3-21-14-22-4-8-26-18-30-12-11-29-16-24-6-2-20-13-19(1)31-37(23)51-41(27)42(28)53-39(25)33(21)50-34(22)40(26)54-44(30)43(29)52-38(24)32(20)49(31)35-45(51)47(53)36(50)48(54)46(35)52/h1-12H,13-18H2. The molecule has 6 heteroatoms. The van der Waals surface area contributed by atoms with Gasteiger partial charge in [0.25, 0.3) is 13.4 Å². The molecule has 0 amide bonds. The third kappa shape index (κ3) is 1.98. The number of hydrogen-bond acceptors (Lipinski definition) is 0. The fraction of sp³-hybridized carbons (Fsp3) is 0.125. The molecule has 0 aliphatic carbocycles. The summed E-state index contributed by atoms with van der Waals surface area (Å²) in [5, 5.41) is 0. The van der Waals surface area contributed by atoms with Crippen LogP contribution < -0.4 is 32.8 Å². The van der Waals surface area contributed by atoms with Crippen LogP contribution >= 0.6 is 0 Å². The van der Waals surface area contributed by atoms with Crippen molar-refractivity contribution in [1.82, 2.24) is 18.3 Å². The van der Waals surface area contributed by atoms with Gasteiger partial charge in [-0.15, -0.1) is 0 Å². The molecule has 10 aliphatic rings. The maximum Gasteiger partial charge on any atom is 0.253 e. The normalized spacial score (nSPS) is 17.1. The van der Waals surface area contributed by atoms with Gasteiger partial charge in [0.1, 0.15) is 0 Å². The van der Waals surface area contributed by atoms with Gasteiger partial charge < -0.3 is 18.3 Å². The van der Waals surface area contributed by atoms with Crippen LogP contribution in [-0.2, 0) is 38.5 Å². The predicted molar refractivity (Wildman–Crippen MR) is 218 cm³/mol. The second-order valence-corrected chi connectivity index (χ2v) is 18.2. The van der Waals surface area contributed by atoms with Gasteiger partial charge in [0.15, 0.2) is 0 Å². The maximum atomic E-state index is 2.86. The van der Waals surface area contributed by atoms with Gasteiger partial charge in [-0.1, -0.05) is 72.8 Å². The smallest absolute Gasteiger partial charge is 0.253 e. The van der Waals surface area contributed by atoms with Crippen molar-refractivity contribution in [3.63, 3.8) is 0 Å². The van der Waals surface area contributed by atoms with Crippen LogP contribution in [0.15, 0.2) is 72.8 Å². The Hall–Kier alpha value is -6.13. The first-order chi connectivity index (χ1) is 26.8. The summed E-state index contributed by atoms with van der Waals surface area (Å²) in [7, 11) is 0. The highest BCUT2D eigenvalue weighted by molar-refractivity contribution is 7.04. The molecule has 12 heterocycles. The lowest BCUT2D eigenvalue weighted by molar-refractivity contribution is 0.948. The molecule has 4 nitrogen and oxygen atoms in total. The van der Waals surface area contributed by atoms with Crippen LogP contribution in [-0.4, -0.2) is 31.7 Å². The van der Waals surface area contributed by atoms with E-state index in [2.05, 4.69) is 91.1 Å². The van der Waals surface area contributed by atoms with Gasteiger partial charge in [-0.05, 0) is 112 Å². The van der Waals surface area contributed by atoms with Crippen LogP contribution in [0.4, 0.5) is 0 Å². The molecule has 242 valence electrons. The Kier molecular flexibility index (Phi) is 3.08. The van der Waals surface area contributed by atoms with Crippen LogP contribution in [0.1, 0.15) is 66.8 Å². The van der Waals surface area contributed by atoms with E-state index in [-0.39, 0.29) is 13.4 Å². The molecular weight excluding hydrogens is 654 g/mol. The minimum atomic E-state index is 0.241. The minimum Gasteiger partial charge on any atom is -0.307 e. The van der Waals surface area contributed by atoms with Gasteiger partial charge in [0, 0.05) is 48.4 Å². The molecule has 54 heavy (non-hydrogen) atoms. The van der Waals surface area contributed by atoms with E-state index in [1.165, 1.54) is 134 Å². The average molecular weight is 678 g/mol. The second-order valence-electron chi connectivity index (χ2n) is 18.2. The van der Waals surface area contributed by atoms with Gasteiger partial charge in [-0.25, -0.2) is 0 Å². The molecule has 0 radical (unpaired) electrons. The molecule has 0 saturated carbocycles. The van der Waals surface area contributed by atoms with E-state index in [1.54, 1.807) is 32.8 Å². The van der Waals surface area contributed by atoms with Crippen molar-refractivity contribution >= 4 is 90.3 Å². The fourth-order valence-electron chi connectivity index (χ4n) is 14.8. The quantitative estimate of drug-likeness (QED) is 0.169. The molecule has 0 spiro atoms. The third-order valence-electron chi connectivity index (χ3n) is 16.4. The van der Waals surface area contributed by atoms with E-state index in [4.69, 9.17) is 0 Å². The number of rotatable bonds is 0. The number of aromatic nitrogens is 4. The topological polar surface area (TPSA) is 19.7 Å². The molecule has 0 fully saturated rings. The zero-order chi connectivity index (χ0) is 33.5. The minimum absolute atomic E-state index is 0.241. The van der Waals surface area contributed by atoms with E-state index in [9.17, 15) is 0 Å². The largest absolute Gasteiger partial charge is 0.307 e. The van der Waals surface area contributed by atoms with Gasteiger partial charge in [0.2, 0.25) is 0 Å². The summed E-state index contributed by atoms with van der Waals surface area (Å²) >= 11 is 0. The molecule has 0 saturated heterocycles. The first-order valence-corrected chi connectivity index (χ1v) is 20.1. The number of benzene rings is 7. The molecule has 0 bridgehead atoms. The lowest BCUT2D eigenvalue weighted by Gasteiger charge is -2.50. The zero-order valence-electron chi connectivity index (χ0n) is 29.1. The molecule has 9 aromatic rings. The summed E-state index contributed by atoms with van der Waals surface area (Å²) in [5.74, 6) is 0. The van der Waals surface area contributed by atoms with E-state index < -0.39 is 0 Å². The Morgan fingerprint density at radius 3 is 0.741 bits per heavy atom. The summed E-state index contributed by atoms with van der Waals surface area (Å²) < 4.78 is 11.5. The maximum absolute atomic E-state index is 2.86. The Balaban J connectivity index is 1.26. The number of nitrogens with zero attached hydrogens (tertiary/aromatic N) is 4. The SMILES string of the molecule is c1cc2c3c4c1Cc1ccc5c6c1B4c1c4c7c8c9c1n-6c1c(ccc6c1n9-c1c(ccc9c1B8c1c(ccc8c1-n7c1c(ccc(c1n4-3)C2)C8)C9)C6)C5. The molecule has 10 aliphatic heterocycles.